The summed E-state index contributed by atoms with van der Waals surface area (Å²) in [4.78, 5) is 24.9. The average molecular weight is 344 g/mol. The van der Waals surface area contributed by atoms with Gasteiger partial charge in [-0.2, -0.15) is 0 Å². The predicted molar refractivity (Wildman–Crippen MR) is 62.3 cm³/mol. The van der Waals surface area contributed by atoms with Crippen LogP contribution in [0.25, 0.3) is 0 Å². The van der Waals surface area contributed by atoms with Crippen LogP contribution < -0.4 is 10.3 Å². The molecule has 1 aromatic rings. The molecular formula is C10H9BrF3NO4. The van der Waals surface area contributed by atoms with Gasteiger partial charge in [0.25, 0.3) is 5.56 Å². The van der Waals surface area contributed by atoms with Gasteiger partial charge in [0.05, 0.1) is 6.61 Å². The highest BCUT2D eigenvalue weighted by Crippen LogP contribution is 2.28. The normalized spacial score (nSPS) is 11.2. The number of halogens is 4. The van der Waals surface area contributed by atoms with Crippen LogP contribution in [0, 0.1) is 0 Å². The Morgan fingerprint density at radius 1 is 1.47 bits per heavy atom. The second kappa shape index (κ2) is 6.09. The molecule has 0 spiro atoms. The Morgan fingerprint density at radius 3 is 2.58 bits per heavy atom. The topological polar surface area (TPSA) is 68.4 Å². The number of aromatic nitrogens is 1. The molecule has 0 unspecified atom stereocenters. The van der Waals surface area contributed by atoms with Gasteiger partial charge in [-0.25, -0.2) is 4.79 Å². The first kappa shape index (κ1) is 15.5. The van der Waals surface area contributed by atoms with Gasteiger partial charge in [0.1, 0.15) is 11.4 Å². The second-order valence-corrected chi connectivity index (χ2v) is 3.81. The molecule has 9 heteroatoms. The highest BCUT2D eigenvalue weighted by molar-refractivity contribution is 9.08. The summed E-state index contributed by atoms with van der Waals surface area (Å²) in [5.74, 6) is -1.67. The SMILES string of the molecule is CCOC(=O)c1[nH]c(=O)cc(OC(F)(F)F)c1CBr. The monoisotopic (exact) mass is 343 g/mol. The lowest BCUT2D eigenvalue weighted by Gasteiger charge is -2.14. The third kappa shape index (κ3) is 4.27. The van der Waals surface area contributed by atoms with Gasteiger partial charge in [-0.1, -0.05) is 15.9 Å². The van der Waals surface area contributed by atoms with Crippen molar-refractivity contribution >= 4 is 21.9 Å². The molecule has 0 aliphatic carbocycles. The number of aromatic amines is 1. The molecule has 1 heterocycles. The van der Waals surface area contributed by atoms with Gasteiger partial charge in [-0.05, 0) is 6.92 Å². The lowest BCUT2D eigenvalue weighted by molar-refractivity contribution is -0.274. The van der Waals surface area contributed by atoms with E-state index in [0.29, 0.717) is 6.07 Å². The third-order valence-corrected chi connectivity index (χ3v) is 2.51. The Labute approximate surface area is 113 Å². The van der Waals surface area contributed by atoms with Gasteiger partial charge in [0, 0.05) is 17.0 Å². The Hall–Kier alpha value is -1.51. The molecular weight excluding hydrogens is 335 g/mol. The summed E-state index contributed by atoms with van der Waals surface area (Å²) in [6.45, 7) is 1.55. The van der Waals surface area contributed by atoms with Crippen LogP contribution >= 0.6 is 15.9 Å². The van der Waals surface area contributed by atoms with Gasteiger partial charge < -0.3 is 14.5 Å². The van der Waals surface area contributed by atoms with Crippen molar-refractivity contribution in [2.45, 2.75) is 18.6 Å². The summed E-state index contributed by atoms with van der Waals surface area (Å²) >= 11 is 2.93. The van der Waals surface area contributed by atoms with Crippen LogP contribution in [0.1, 0.15) is 23.0 Å². The molecule has 19 heavy (non-hydrogen) atoms. The largest absolute Gasteiger partial charge is 0.573 e. The Balaban J connectivity index is 3.32. The molecule has 0 saturated heterocycles. The molecule has 0 aliphatic heterocycles. The molecule has 0 radical (unpaired) electrons. The van der Waals surface area contributed by atoms with E-state index in [0.717, 1.165) is 0 Å². The quantitative estimate of drug-likeness (QED) is 0.673. The van der Waals surface area contributed by atoms with Crippen LogP contribution in [0.15, 0.2) is 10.9 Å². The van der Waals surface area contributed by atoms with E-state index in [2.05, 4.69) is 30.4 Å². The second-order valence-electron chi connectivity index (χ2n) is 3.25. The fourth-order valence-corrected chi connectivity index (χ4v) is 1.85. The van der Waals surface area contributed by atoms with E-state index in [1.54, 1.807) is 0 Å². The van der Waals surface area contributed by atoms with Crippen molar-refractivity contribution in [3.63, 3.8) is 0 Å². The summed E-state index contributed by atoms with van der Waals surface area (Å²) in [6, 6.07) is 0.618. The van der Waals surface area contributed by atoms with Crippen LogP contribution in [0.2, 0.25) is 0 Å². The molecule has 5 nitrogen and oxygen atoms in total. The van der Waals surface area contributed by atoms with Crippen molar-refractivity contribution in [1.29, 1.82) is 0 Å². The lowest BCUT2D eigenvalue weighted by atomic mass is 10.2. The summed E-state index contributed by atoms with van der Waals surface area (Å²) in [7, 11) is 0. The summed E-state index contributed by atoms with van der Waals surface area (Å²) in [5, 5.41) is -0.122. The standard InChI is InChI=1S/C10H9BrF3NO4/c1-2-18-9(17)8-5(4-11)6(3-7(16)15-8)19-10(12,13)14/h3H,2,4H2,1H3,(H,15,16). The Bertz CT molecular complexity index is 526. The maximum absolute atomic E-state index is 12.2. The molecule has 0 fully saturated rings. The zero-order chi connectivity index (χ0) is 14.6. The summed E-state index contributed by atoms with van der Waals surface area (Å²) < 4.78 is 45.0. The number of rotatable bonds is 4. The van der Waals surface area contributed by atoms with Crippen LogP contribution in [-0.2, 0) is 10.1 Å². The molecule has 0 amide bonds. The first-order valence-electron chi connectivity index (χ1n) is 5.03. The first-order valence-corrected chi connectivity index (χ1v) is 6.15. The van der Waals surface area contributed by atoms with Crippen molar-refractivity contribution in [3.8, 4) is 5.75 Å². The molecule has 0 bridgehead atoms. The minimum Gasteiger partial charge on any atom is -0.461 e. The smallest absolute Gasteiger partial charge is 0.461 e. The molecule has 0 atom stereocenters. The van der Waals surface area contributed by atoms with E-state index in [1.165, 1.54) is 6.92 Å². The molecule has 1 aromatic heterocycles. The fraction of sp³-hybridized carbons (Fsp3) is 0.400. The number of pyridine rings is 1. The molecule has 1 rings (SSSR count). The number of hydrogen-bond donors (Lipinski definition) is 1. The minimum absolute atomic E-state index is 0.0208. The first-order chi connectivity index (χ1) is 8.78. The van der Waals surface area contributed by atoms with Crippen LogP contribution in [0.4, 0.5) is 13.2 Å². The lowest BCUT2D eigenvalue weighted by Crippen LogP contribution is -2.23. The molecule has 106 valence electrons. The maximum atomic E-state index is 12.2. The average Bonchev–Trinajstić information content (AvgIpc) is 2.26. The molecule has 0 saturated carbocycles. The van der Waals surface area contributed by atoms with E-state index in [9.17, 15) is 22.8 Å². The number of carbonyl (C=O) groups excluding carboxylic acids is 1. The number of nitrogens with one attached hydrogen (secondary N) is 1. The van der Waals surface area contributed by atoms with Crippen LogP contribution in [0.3, 0.4) is 0 Å². The zero-order valence-electron chi connectivity index (χ0n) is 9.64. The summed E-state index contributed by atoms with van der Waals surface area (Å²) in [5.41, 5.74) is -1.41. The summed E-state index contributed by atoms with van der Waals surface area (Å²) in [6.07, 6.45) is -4.96. The van der Waals surface area contributed by atoms with E-state index in [4.69, 9.17) is 0 Å². The van der Waals surface area contributed by atoms with Gasteiger partial charge in [0.2, 0.25) is 0 Å². The van der Waals surface area contributed by atoms with E-state index in [1.807, 2.05) is 0 Å². The molecule has 1 N–H and O–H groups in total. The van der Waals surface area contributed by atoms with Gasteiger partial charge in [-0.3, -0.25) is 4.79 Å². The minimum atomic E-state index is -4.96. The van der Waals surface area contributed by atoms with Crippen molar-refractivity contribution in [2.24, 2.45) is 0 Å². The molecule has 0 aromatic carbocycles. The fourth-order valence-electron chi connectivity index (χ4n) is 1.29. The Morgan fingerprint density at radius 2 is 2.11 bits per heavy atom. The maximum Gasteiger partial charge on any atom is 0.573 e. The number of hydrogen-bond acceptors (Lipinski definition) is 4. The number of alkyl halides is 4. The van der Waals surface area contributed by atoms with Crippen molar-refractivity contribution in [3.05, 3.63) is 27.7 Å². The van der Waals surface area contributed by atoms with E-state index < -0.39 is 23.6 Å². The van der Waals surface area contributed by atoms with Gasteiger partial charge in [0.15, 0.2) is 0 Å². The van der Waals surface area contributed by atoms with Gasteiger partial charge >= 0.3 is 12.3 Å². The number of ether oxygens (including phenoxy) is 2. The number of carbonyl (C=O) groups is 1. The van der Waals surface area contributed by atoms with Crippen LogP contribution in [-0.4, -0.2) is 23.9 Å². The number of H-pyrrole nitrogens is 1. The number of esters is 1. The highest BCUT2D eigenvalue weighted by atomic mass is 79.9. The van der Waals surface area contributed by atoms with Crippen molar-refractivity contribution in [2.75, 3.05) is 6.61 Å². The van der Waals surface area contributed by atoms with Crippen LogP contribution in [0.5, 0.6) is 5.75 Å². The van der Waals surface area contributed by atoms with Crippen molar-refractivity contribution in [1.82, 2.24) is 4.98 Å². The zero-order valence-corrected chi connectivity index (χ0v) is 11.2. The van der Waals surface area contributed by atoms with Gasteiger partial charge in [-0.15, -0.1) is 13.2 Å². The highest BCUT2D eigenvalue weighted by Gasteiger charge is 2.33. The third-order valence-electron chi connectivity index (χ3n) is 1.95. The predicted octanol–water partition coefficient (Wildman–Crippen LogP) is 2.35. The Kier molecular flexibility index (Phi) is 4.98. The molecule has 0 aliphatic rings. The van der Waals surface area contributed by atoms with E-state index in [-0.39, 0.29) is 23.2 Å². The van der Waals surface area contributed by atoms with Crippen molar-refractivity contribution < 1.29 is 27.4 Å². The van der Waals surface area contributed by atoms with E-state index >= 15 is 0 Å².